The maximum atomic E-state index is 11.7. The molecule has 0 aromatic carbocycles. The maximum Gasteiger partial charge on any atom is 0.514 e. The summed E-state index contributed by atoms with van der Waals surface area (Å²) in [4.78, 5) is 23.0. The minimum atomic E-state index is -0.870. The Kier molecular flexibility index (Phi) is 6.08. The van der Waals surface area contributed by atoms with E-state index in [0.717, 1.165) is 0 Å². The Bertz CT molecular complexity index is 480. The van der Waals surface area contributed by atoms with Gasteiger partial charge < -0.3 is 18.8 Å². The Hall–Kier alpha value is -1.82. The molecule has 1 aromatic rings. The van der Waals surface area contributed by atoms with Crippen molar-refractivity contribution in [2.75, 3.05) is 19.8 Å². The van der Waals surface area contributed by atoms with E-state index in [1.807, 2.05) is 6.92 Å². The van der Waals surface area contributed by atoms with Crippen LogP contribution >= 0.6 is 0 Å². The summed E-state index contributed by atoms with van der Waals surface area (Å²) in [5.74, 6) is -0.00236. The number of pyridine rings is 1. The molecule has 1 heterocycles. The number of carbonyl (C=O) groups excluding carboxylic acids is 1. The van der Waals surface area contributed by atoms with Crippen molar-refractivity contribution in [2.45, 2.75) is 27.3 Å². The van der Waals surface area contributed by atoms with Crippen LogP contribution in [-0.4, -0.2) is 30.5 Å². The molecule has 0 saturated carbocycles. The quantitative estimate of drug-likeness (QED) is 0.581. The van der Waals surface area contributed by atoms with Crippen LogP contribution in [0, 0.1) is 6.92 Å². The highest BCUT2D eigenvalue weighted by molar-refractivity contribution is 5.64. The molecule has 0 N–H and O–H groups in total. The molecule has 0 fully saturated rings. The van der Waals surface area contributed by atoms with Crippen molar-refractivity contribution < 1.29 is 19.0 Å². The van der Waals surface area contributed by atoms with Crippen LogP contribution in [0.2, 0.25) is 0 Å². The number of rotatable bonds is 6. The smallest absolute Gasteiger partial charge is 0.434 e. The van der Waals surface area contributed by atoms with Gasteiger partial charge in [0.15, 0.2) is 0 Å². The van der Waals surface area contributed by atoms with Gasteiger partial charge in [0.05, 0.1) is 18.9 Å². The lowest BCUT2D eigenvalue weighted by molar-refractivity contribution is 0.103. The normalized spacial score (nSPS) is 10.3. The van der Waals surface area contributed by atoms with Crippen molar-refractivity contribution in [2.24, 2.45) is 0 Å². The summed E-state index contributed by atoms with van der Waals surface area (Å²) >= 11 is 0. The second kappa shape index (κ2) is 7.58. The molecule has 0 amide bonds. The van der Waals surface area contributed by atoms with Gasteiger partial charge in [-0.25, -0.2) is 4.79 Å². The molecule has 0 saturated heterocycles. The lowest BCUT2D eigenvalue weighted by atomic mass is 10.3. The van der Waals surface area contributed by atoms with Crippen LogP contribution in [0.3, 0.4) is 0 Å². The SMILES string of the molecule is CCOCCn1ccc(=O)c(OC(=O)OCC)c1C. The summed E-state index contributed by atoms with van der Waals surface area (Å²) in [6.45, 7) is 7.22. The summed E-state index contributed by atoms with van der Waals surface area (Å²) in [6.07, 6.45) is 0.777. The molecule has 0 aliphatic rings. The highest BCUT2D eigenvalue weighted by atomic mass is 16.7. The van der Waals surface area contributed by atoms with Crippen LogP contribution in [0.15, 0.2) is 17.1 Å². The van der Waals surface area contributed by atoms with Gasteiger partial charge in [-0.15, -0.1) is 0 Å². The van der Waals surface area contributed by atoms with Crippen molar-refractivity contribution in [3.05, 3.63) is 28.2 Å². The molecule has 0 radical (unpaired) electrons. The Morgan fingerprint density at radius 3 is 2.68 bits per heavy atom. The Balaban J connectivity index is 2.87. The Morgan fingerprint density at radius 2 is 2.05 bits per heavy atom. The lowest BCUT2D eigenvalue weighted by Gasteiger charge is -2.13. The average molecular weight is 269 g/mol. The van der Waals surface area contributed by atoms with E-state index < -0.39 is 6.16 Å². The minimum absolute atomic E-state index is 0.00236. The zero-order valence-corrected chi connectivity index (χ0v) is 11.5. The first kappa shape index (κ1) is 15.2. The standard InChI is InChI=1S/C13H19NO5/c1-4-17-9-8-14-7-6-11(15)12(10(14)3)19-13(16)18-5-2/h6-7H,4-5,8-9H2,1-3H3. The number of hydrogen-bond donors (Lipinski definition) is 0. The van der Waals surface area contributed by atoms with E-state index in [1.54, 1.807) is 24.6 Å². The highest BCUT2D eigenvalue weighted by Crippen LogP contribution is 2.12. The number of ether oxygens (including phenoxy) is 3. The minimum Gasteiger partial charge on any atom is -0.434 e. The summed E-state index contributed by atoms with van der Waals surface area (Å²) in [6, 6.07) is 1.35. The first-order valence-electron chi connectivity index (χ1n) is 6.22. The van der Waals surface area contributed by atoms with Gasteiger partial charge in [-0.05, 0) is 20.8 Å². The largest absolute Gasteiger partial charge is 0.514 e. The first-order valence-corrected chi connectivity index (χ1v) is 6.22. The van der Waals surface area contributed by atoms with Crippen LogP contribution in [-0.2, 0) is 16.0 Å². The van der Waals surface area contributed by atoms with E-state index >= 15 is 0 Å². The van der Waals surface area contributed by atoms with Crippen molar-refractivity contribution in [1.82, 2.24) is 4.57 Å². The van der Waals surface area contributed by atoms with Crippen LogP contribution in [0.25, 0.3) is 0 Å². The Labute approximate surface area is 111 Å². The molecular formula is C13H19NO5. The number of hydrogen-bond acceptors (Lipinski definition) is 5. The lowest BCUT2D eigenvalue weighted by Crippen LogP contribution is -2.20. The van der Waals surface area contributed by atoms with Crippen molar-refractivity contribution in [1.29, 1.82) is 0 Å². The fraction of sp³-hybridized carbons (Fsp3) is 0.538. The molecule has 6 heteroatoms. The van der Waals surface area contributed by atoms with E-state index in [0.29, 0.717) is 25.5 Å². The summed E-state index contributed by atoms with van der Waals surface area (Å²) in [5.41, 5.74) is 0.221. The van der Waals surface area contributed by atoms with E-state index in [4.69, 9.17) is 9.47 Å². The predicted octanol–water partition coefficient (Wildman–Crippen LogP) is 1.73. The highest BCUT2D eigenvalue weighted by Gasteiger charge is 2.13. The predicted molar refractivity (Wildman–Crippen MR) is 69.6 cm³/mol. The first-order chi connectivity index (χ1) is 9.10. The van der Waals surface area contributed by atoms with E-state index in [9.17, 15) is 9.59 Å². The van der Waals surface area contributed by atoms with Gasteiger partial charge in [0.2, 0.25) is 11.2 Å². The van der Waals surface area contributed by atoms with Gasteiger partial charge in [-0.3, -0.25) is 4.79 Å². The molecular weight excluding hydrogens is 250 g/mol. The van der Waals surface area contributed by atoms with Gasteiger partial charge >= 0.3 is 6.16 Å². The van der Waals surface area contributed by atoms with E-state index in [-0.39, 0.29) is 17.8 Å². The van der Waals surface area contributed by atoms with E-state index in [1.165, 1.54) is 6.07 Å². The third-order valence-corrected chi connectivity index (χ3v) is 2.52. The van der Waals surface area contributed by atoms with Gasteiger partial charge in [0, 0.05) is 25.4 Å². The van der Waals surface area contributed by atoms with E-state index in [2.05, 4.69) is 4.74 Å². The molecule has 1 aromatic heterocycles. The molecule has 1 rings (SSSR count). The van der Waals surface area contributed by atoms with Crippen molar-refractivity contribution >= 4 is 6.16 Å². The topological polar surface area (TPSA) is 66.8 Å². The number of aromatic nitrogens is 1. The third-order valence-electron chi connectivity index (χ3n) is 2.52. The average Bonchev–Trinajstić information content (AvgIpc) is 2.38. The molecule has 0 unspecified atom stereocenters. The van der Waals surface area contributed by atoms with Crippen LogP contribution in [0.1, 0.15) is 19.5 Å². The second-order valence-electron chi connectivity index (χ2n) is 3.77. The summed E-state index contributed by atoms with van der Waals surface area (Å²) in [5, 5.41) is 0. The number of carbonyl (C=O) groups is 1. The fourth-order valence-corrected chi connectivity index (χ4v) is 1.56. The zero-order valence-electron chi connectivity index (χ0n) is 11.5. The fourth-order valence-electron chi connectivity index (χ4n) is 1.56. The van der Waals surface area contributed by atoms with Gasteiger partial charge in [0.1, 0.15) is 0 Å². The molecule has 106 valence electrons. The molecule has 0 atom stereocenters. The third kappa shape index (κ3) is 4.40. The molecule has 19 heavy (non-hydrogen) atoms. The second-order valence-corrected chi connectivity index (χ2v) is 3.77. The van der Waals surface area contributed by atoms with Crippen molar-refractivity contribution in [3.63, 3.8) is 0 Å². The summed E-state index contributed by atoms with van der Waals surface area (Å²) < 4.78 is 16.6. The van der Waals surface area contributed by atoms with Crippen LogP contribution < -0.4 is 10.2 Å². The van der Waals surface area contributed by atoms with Gasteiger partial charge in [0.25, 0.3) is 0 Å². The van der Waals surface area contributed by atoms with Crippen LogP contribution in [0.5, 0.6) is 5.75 Å². The molecule has 0 aliphatic heterocycles. The monoisotopic (exact) mass is 269 g/mol. The van der Waals surface area contributed by atoms with Crippen molar-refractivity contribution in [3.8, 4) is 5.75 Å². The molecule has 0 bridgehead atoms. The van der Waals surface area contributed by atoms with Gasteiger partial charge in [-0.2, -0.15) is 0 Å². The van der Waals surface area contributed by atoms with Gasteiger partial charge in [-0.1, -0.05) is 0 Å². The maximum absolute atomic E-state index is 11.7. The summed E-state index contributed by atoms with van der Waals surface area (Å²) in [7, 11) is 0. The number of nitrogens with zero attached hydrogens (tertiary/aromatic N) is 1. The molecule has 0 aliphatic carbocycles. The molecule has 6 nitrogen and oxygen atoms in total. The zero-order chi connectivity index (χ0) is 14.3. The Morgan fingerprint density at radius 1 is 1.32 bits per heavy atom. The van der Waals surface area contributed by atoms with Crippen LogP contribution in [0.4, 0.5) is 4.79 Å². The molecule has 0 spiro atoms.